The third kappa shape index (κ3) is 4.46. The van der Waals surface area contributed by atoms with E-state index in [1.165, 1.54) is 0 Å². The maximum Gasteiger partial charge on any atom is 0.388 e. The average Bonchev–Trinajstić information content (AvgIpc) is 1.90. The fourth-order valence-electron chi connectivity index (χ4n) is 0.201. The highest BCUT2D eigenvalue weighted by Crippen LogP contribution is 2.26. The monoisotopic (exact) mass is 185 g/mol. The SMILES string of the molecule is N#CSB(SC#N)SC#N. The molecule has 48 valence electrons. The zero-order valence-corrected chi connectivity index (χ0v) is 7.09. The molecule has 0 aliphatic heterocycles. The van der Waals surface area contributed by atoms with Gasteiger partial charge in [0.1, 0.15) is 16.2 Å². The molecule has 0 aliphatic rings. The Balaban J connectivity index is 3.68. The van der Waals surface area contributed by atoms with E-state index in [1.807, 2.05) is 16.2 Å². The van der Waals surface area contributed by atoms with Gasteiger partial charge in [-0.2, -0.15) is 15.8 Å². The van der Waals surface area contributed by atoms with Crippen LogP contribution in [0.2, 0.25) is 0 Å². The summed E-state index contributed by atoms with van der Waals surface area (Å²) in [6.07, 6.45) is 0. The Kier molecular flexibility index (Phi) is 6.42. The molecular weight excluding hydrogens is 185 g/mol. The van der Waals surface area contributed by atoms with Gasteiger partial charge < -0.3 is 0 Å². The van der Waals surface area contributed by atoms with Gasteiger partial charge in [0, 0.05) is 0 Å². The molecule has 0 aliphatic carbocycles. The van der Waals surface area contributed by atoms with Crippen LogP contribution in [-0.4, -0.2) is 4.55 Å². The summed E-state index contributed by atoms with van der Waals surface area (Å²) in [6.45, 7) is 0. The van der Waals surface area contributed by atoms with Crippen molar-refractivity contribution in [2.24, 2.45) is 0 Å². The van der Waals surface area contributed by atoms with Crippen molar-refractivity contribution in [2.75, 3.05) is 0 Å². The summed E-state index contributed by atoms with van der Waals surface area (Å²) in [4.78, 5) is 0. The summed E-state index contributed by atoms with van der Waals surface area (Å²) < 4.78 is -0.306. The van der Waals surface area contributed by atoms with Gasteiger partial charge in [-0.15, -0.1) is 0 Å². The molecule has 0 rings (SSSR count). The Morgan fingerprint density at radius 1 is 0.800 bits per heavy atom. The molecule has 3 nitrogen and oxygen atoms in total. The van der Waals surface area contributed by atoms with Crippen molar-refractivity contribution in [1.82, 2.24) is 0 Å². The normalized spacial score (nSPS) is 6.90. The van der Waals surface area contributed by atoms with E-state index in [0.29, 0.717) is 0 Å². The second-order valence-electron chi connectivity index (χ2n) is 0.916. The number of rotatable bonds is 3. The Morgan fingerprint density at radius 2 is 1.10 bits per heavy atom. The molecule has 0 aromatic carbocycles. The minimum atomic E-state index is -0.306. The summed E-state index contributed by atoms with van der Waals surface area (Å²) in [5, 5.41) is 29.9. The molecule has 0 fully saturated rings. The van der Waals surface area contributed by atoms with Crippen molar-refractivity contribution in [3.05, 3.63) is 0 Å². The van der Waals surface area contributed by atoms with Crippen molar-refractivity contribution >= 4 is 39.4 Å². The van der Waals surface area contributed by atoms with Gasteiger partial charge in [-0.1, -0.05) is 34.8 Å². The molecule has 0 aromatic heterocycles. The molecule has 0 saturated heterocycles. The van der Waals surface area contributed by atoms with E-state index in [9.17, 15) is 0 Å². The third-order valence-corrected chi connectivity index (χ3v) is 3.07. The van der Waals surface area contributed by atoms with Gasteiger partial charge in [-0.3, -0.25) is 0 Å². The summed E-state index contributed by atoms with van der Waals surface area (Å²) in [6, 6.07) is 0. The number of thiocyanates is 3. The predicted molar refractivity (Wildman–Crippen MR) is 45.4 cm³/mol. The first-order chi connectivity index (χ1) is 4.85. The number of hydrogen-bond donors (Lipinski definition) is 0. The molecule has 0 bridgehead atoms. The van der Waals surface area contributed by atoms with Gasteiger partial charge in [-0.05, 0) is 0 Å². The lowest BCUT2D eigenvalue weighted by Crippen LogP contribution is -1.90. The number of nitrogens with zero attached hydrogens (tertiary/aromatic N) is 3. The van der Waals surface area contributed by atoms with Crippen LogP contribution in [0.1, 0.15) is 0 Å². The quantitative estimate of drug-likeness (QED) is 0.491. The lowest BCUT2D eigenvalue weighted by molar-refractivity contribution is 1.57. The lowest BCUT2D eigenvalue weighted by atomic mass is 10.7. The number of hydrogen-bond acceptors (Lipinski definition) is 6. The second kappa shape index (κ2) is 6.70. The zero-order valence-electron chi connectivity index (χ0n) is 4.64. The van der Waals surface area contributed by atoms with E-state index in [2.05, 4.69) is 0 Å². The summed E-state index contributed by atoms with van der Waals surface area (Å²) in [7, 11) is 0. The van der Waals surface area contributed by atoms with E-state index < -0.39 is 0 Å². The van der Waals surface area contributed by atoms with Crippen LogP contribution < -0.4 is 0 Å². The van der Waals surface area contributed by atoms with Crippen molar-refractivity contribution in [3.63, 3.8) is 0 Å². The van der Waals surface area contributed by atoms with E-state index in [1.54, 1.807) is 0 Å². The first kappa shape index (κ1) is 9.58. The standard InChI is InChI=1S/C3BN3S3/c5-1-8-4(9-2-6)10-3-7. The van der Waals surface area contributed by atoms with Crippen LogP contribution in [0.3, 0.4) is 0 Å². The van der Waals surface area contributed by atoms with Crippen LogP contribution in [0, 0.1) is 32.0 Å². The Labute approximate surface area is 71.5 Å². The highest BCUT2D eigenvalue weighted by molar-refractivity contribution is 8.79. The molecule has 0 aromatic rings. The number of nitriles is 3. The zero-order chi connectivity index (χ0) is 7.82. The molecule has 0 saturated carbocycles. The molecule has 7 heteroatoms. The maximum absolute atomic E-state index is 8.16. The van der Waals surface area contributed by atoms with Crippen LogP contribution >= 0.6 is 34.8 Å². The fourth-order valence-corrected chi connectivity index (χ4v) is 1.81. The third-order valence-electron chi connectivity index (χ3n) is 0.447. The smallest absolute Gasteiger partial charge is 0.186 e. The van der Waals surface area contributed by atoms with Gasteiger partial charge in [0.25, 0.3) is 0 Å². The maximum atomic E-state index is 8.16. The van der Waals surface area contributed by atoms with E-state index in [0.717, 1.165) is 34.8 Å². The summed E-state index contributed by atoms with van der Waals surface area (Å²) in [5.41, 5.74) is 0. The summed E-state index contributed by atoms with van der Waals surface area (Å²) >= 11 is 2.74. The van der Waals surface area contributed by atoms with E-state index >= 15 is 0 Å². The highest BCUT2D eigenvalue weighted by atomic mass is 32.3. The van der Waals surface area contributed by atoms with Gasteiger partial charge in [0.2, 0.25) is 0 Å². The molecule has 10 heavy (non-hydrogen) atoms. The van der Waals surface area contributed by atoms with Crippen LogP contribution in [-0.2, 0) is 0 Å². The van der Waals surface area contributed by atoms with Crippen molar-refractivity contribution < 1.29 is 0 Å². The van der Waals surface area contributed by atoms with Crippen LogP contribution in [0.4, 0.5) is 0 Å². The van der Waals surface area contributed by atoms with Crippen LogP contribution in [0.15, 0.2) is 0 Å². The topological polar surface area (TPSA) is 71.4 Å². The predicted octanol–water partition coefficient (Wildman–Crippen LogP) is 1.61. The van der Waals surface area contributed by atoms with E-state index in [-0.39, 0.29) is 4.55 Å². The molecule has 0 heterocycles. The largest absolute Gasteiger partial charge is 0.388 e. The van der Waals surface area contributed by atoms with Crippen LogP contribution in [0.25, 0.3) is 0 Å². The van der Waals surface area contributed by atoms with Gasteiger partial charge in [-0.25, -0.2) is 0 Å². The average molecular weight is 185 g/mol. The van der Waals surface area contributed by atoms with Crippen molar-refractivity contribution in [3.8, 4) is 16.2 Å². The minimum Gasteiger partial charge on any atom is -0.186 e. The fraction of sp³-hybridized carbons (Fsp3) is 0. The molecule has 0 atom stereocenters. The van der Waals surface area contributed by atoms with E-state index in [4.69, 9.17) is 15.8 Å². The Hall–Kier alpha value is -0.415. The van der Waals surface area contributed by atoms with Crippen molar-refractivity contribution in [2.45, 2.75) is 0 Å². The molecule has 0 amide bonds. The molecule has 0 unspecified atom stereocenters. The van der Waals surface area contributed by atoms with Gasteiger partial charge >= 0.3 is 4.55 Å². The van der Waals surface area contributed by atoms with Crippen molar-refractivity contribution in [1.29, 1.82) is 15.8 Å². The van der Waals surface area contributed by atoms with Crippen LogP contribution in [0.5, 0.6) is 0 Å². The lowest BCUT2D eigenvalue weighted by Gasteiger charge is -1.91. The minimum absolute atomic E-state index is 0.306. The Bertz CT molecular complexity index is 172. The first-order valence-corrected chi connectivity index (χ1v) is 4.63. The van der Waals surface area contributed by atoms with Gasteiger partial charge in [0.15, 0.2) is 0 Å². The molecule has 0 spiro atoms. The molecular formula is C3BN3S3. The molecule has 0 N–H and O–H groups in total. The van der Waals surface area contributed by atoms with Gasteiger partial charge in [0.05, 0.1) is 0 Å². The first-order valence-electron chi connectivity index (χ1n) is 1.99. The second-order valence-corrected chi connectivity index (χ2v) is 4.48. The highest BCUT2D eigenvalue weighted by Gasteiger charge is 2.16. The Morgan fingerprint density at radius 3 is 1.30 bits per heavy atom. The summed E-state index contributed by atoms with van der Waals surface area (Å²) in [5.74, 6) is 0. The molecule has 0 radical (unpaired) electrons.